The van der Waals surface area contributed by atoms with Gasteiger partial charge in [-0.1, -0.05) is 17.7 Å². The maximum absolute atomic E-state index is 8.73. The van der Waals surface area contributed by atoms with Gasteiger partial charge in [0.15, 0.2) is 0 Å². The minimum Gasteiger partial charge on any atom is -0.245 e. The van der Waals surface area contributed by atoms with E-state index in [0.717, 1.165) is 16.3 Å². The predicted molar refractivity (Wildman–Crippen MR) is 67.8 cm³/mol. The van der Waals surface area contributed by atoms with E-state index < -0.39 is 0 Å². The van der Waals surface area contributed by atoms with E-state index >= 15 is 0 Å². The van der Waals surface area contributed by atoms with Crippen LogP contribution in [-0.4, -0.2) is 9.97 Å². The molecule has 0 saturated heterocycles. The van der Waals surface area contributed by atoms with E-state index in [0.29, 0.717) is 10.6 Å². The Hall–Kier alpha value is -1.57. The minimum atomic E-state index is 0.575. The molecule has 2 rings (SSSR count). The third-order valence-electron chi connectivity index (χ3n) is 2.11. The highest BCUT2D eigenvalue weighted by atomic mass is 35.5. The molecule has 3 nitrogen and oxygen atoms in total. The Labute approximate surface area is 108 Å². The summed E-state index contributed by atoms with van der Waals surface area (Å²) in [5.41, 5.74) is 1.57. The van der Waals surface area contributed by atoms with E-state index in [1.54, 1.807) is 30.1 Å². The van der Waals surface area contributed by atoms with E-state index in [2.05, 4.69) is 16.0 Å². The summed E-state index contributed by atoms with van der Waals surface area (Å²) < 4.78 is 0. The molecule has 0 aliphatic carbocycles. The van der Waals surface area contributed by atoms with Crippen LogP contribution in [0.5, 0.6) is 0 Å². The Morgan fingerprint density at radius 3 is 2.88 bits per heavy atom. The van der Waals surface area contributed by atoms with Gasteiger partial charge in [-0.3, -0.25) is 0 Å². The van der Waals surface area contributed by atoms with Crippen molar-refractivity contribution in [2.75, 3.05) is 0 Å². The zero-order valence-corrected chi connectivity index (χ0v) is 10.4. The molecule has 5 heteroatoms. The molecule has 0 N–H and O–H groups in total. The lowest BCUT2D eigenvalue weighted by atomic mass is 10.2. The van der Waals surface area contributed by atoms with Gasteiger partial charge in [0.25, 0.3) is 0 Å². The van der Waals surface area contributed by atoms with E-state index in [1.165, 1.54) is 6.33 Å². The van der Waals surface area contributed by atoms with Crippen molar-refractivity contribution in [1.82, 2.24) is 9.97 Å². The maximum Gasteiger partial charge on any atom is 0.116 e. The molecule has 0 amide bonds. The summed E-state index contributed by atoms with van der Waals surface area (Å²) in [4.78, 5) is 7.97. The van der Waals surface area contributed by atoms with Crippen molar-refractivity contribution in [2.24, 2.45) is 0 Å². The molecule has 1 heterocycles. The van der Waals surface area contributed by atoms with Gasteiger partial charge in [-0.25, -0.2) is 9.97 Å². The van der Waals surface area contributed by atoms with Crippen LogP contribution in [0.4, 0.5) is 0 Å². The van der Waals surface area contributed by atoms with Crippen LogP contribution in [0.25, 0.3) is 0 Å². The molecule has 17 heavy (non-hydrogen) atoms. The van der Waals surface area contributed by atoms with Gasteiger partial charge in [0, 0.05) is 17.0 Å². The standard InChI is InChI=1S/C12H8ClN3S/c13-11-5-9(6-14)1-2-10(11)7-17-12-3-4-15-8-16-12/h1-5,8H,7H2. The molecule has 0 aliphatic rings. The van der Waals surface area contributed by atoms with E-state index in [9.17, 15) is 0 Å². The summed E-state index contributed by atoms with van der Waals surface area (Å²) in [6, 6.07) is 9.22. The fourth-order valence-corrected chi connectivity index (χ4v) is 2.41. The molecule has 0 atom stereocenters. The number of hydrogen-bond acceptors (Lipinski definition) is 4. The SMILES string of the molecule is N#Cc1ccc(CSc2ccncn2)c(Cl)c1. The molecule has 0 unspecified atom stereocenters. The lowest BCUT2D eigenvalue weighted by molar-refractivity contribution is 1.05. The second kappa shape index (κ2) is 5.67. The van der Waals surface area contributed by atoms with Crippen LogP contribution in [0.15, 0.2) is 41.8 Å². The summed E-state index contributed by atoms with van der Waals surface area (Å²) in [6.45, 7) is 0. The summed E-state index contributed by atoms with van der Waals surface area (Å²) >= 11 is 7.66. The number of nitrogens with zero attached hydrogens (tertiary/aromatic N) is 3. The Bertz CT molecular complexity index is 551. The average Bonchev–Trinajstić information content (AvgIpc) is 2.38. The fraction of sp³-hybridized carbons (Fsp3) is 0.0833. The normalized spacial score (nSPS) is 9.88. The molecule has 0 saturated carbocycles. The lowest BCUT2D eigenvalue weighted by Gasteiger charge is -2.03. The Balaban J connectivity index is 2.08. The first-order valence-electron chi connectivity index (χ1n) is 4.87. The number of aromatic nitrogens is 2. The number of nitriles is 1. The van der Waals surface area contributed by atoms with Gasteiger partial charge >= 0.3 is 0 Å². The molecule has 0 spiro atoms. The number of rotatable bonds is 3. The molecule has 1 aromatic carbocycles. The van der Waals surface area contributed by atoms with Gasteiger partial charge in [0.2, 0.25) is 0 Å². The second-order valence-electron chi connectivity index (χ2n) is 3.25. The molecule has 0 radical (unpaired) electrons. The van der Waals surface area contributed by atoms with Crippen LogP contribution in [0.2, 0.25) is 5.02 Å². The molecule has 2 aromatic rings. The van der Waals surface area contributed by atoms with Crippen molar-refractivity contribution < 1.29 is 0 Å². The number of benzene rings is 1. The zero-order chi connectivity index (χ0) is 12.1. The maximum atomic E-state index is 8.73. The van der Waals surface area contributed by atoms with Gasteiger partial charge in [0.1, 0.15) is 6.33 Å². The summed E-state index contributed by atoms with van der Waals surface area (Å²) in [5.74, 6) is 0.724. The number of halogens is 1. The molecular weight excluding hydrogens is 254 g/mol. The molecule has 1 aromatic heterocycles. The van der Waals surface area contributed by atoms with Gasteiger partial charge in [-0.2, -0.15) is 5.26 Å². The topological polar surface area (TPSA) is 49.6 Å². The van der Waals surface area contributed by atoms with Crippen molar-refractivity contribution in [3.63, 3.8) is 0 Å². The van der Waals surface area contributed by atoms with Crippen LogP contribution in [0.1, 0.15) is 11.1 Å². The first-order chi connectivity index (χ1) is 8.29. The Kier molecular flexibility index (Phi) is 3.97. The largest absolute Gasteiger partial charge is 0.245 e. The molecule has 0 aliphatic heterocycles. The van der Waals surface area contributed by atoms with E-state index in [-0.39, 0.29) is 0 Å². The van der Waals surface area contributed by atoms with Crippen molar-refractivity contribution in [2.45, 2.75) is 10.8 Å². The van der Waals surface area contributed by atoms with Gasteiger partial charge in [-0.15, -0.1) is 11.8 Å². The fourth-order valence-electron chi connectivity index (χ4n) is 1.25. The first-order valence-corrected chi connectivity index (χ1v) is 6.23. The average molecular weight is 262 g/mol. The summed E-state index contributed by atoms with van der Waals surface area (Å²) in [7, 11) is 0. The van der Waals surface area contributed by atoms with E-state index in [4.69, 9.17) is 16.9 Å². The smallest absolute Gasteiger partial charge is 0.116 e. The Morgan fingerprint density at radius 2 is 2.24 bits per heavy atom. The van der Waals surface area contributed by atoms with Crippen LogP contribution in [-0.2, 0) is 5.75 Å². The van der Waals surface area contributed by atoms with Crippen molar-refractivity contribution in [1.29, 1.82) is 5.26 Å². The van der Waals surface area contributed by atoms with Crippen molar-refractivity contribution in [3.8, 4) is 6.07 Å². The number of hydrogen-bond donors (Lipinski definition) is 0. The van der Waals surface area contributed by atoms with Crippen LogP contribution in [0.3, 0.4) is 0 Å². The van der Waals surface area contributed by atoms with Gasteiger partial charge in [0.05, 0.1) is 16.7 Å². The minimum absolute atomic E-state index is 0.575. The predicted octanol–water partition coefficient (Wildman–Crippen LogP) is 3.29. The summed E-state index contributed by atoms with van der Waals surface area (Å²) in [6.07, 6.45) is 3.22. The zero-order valence-electron chi connectivity index (χ0n) is 8.80. The van der Waals surface area contributed by atoms with Crippen molar-refractivity contribution >= 4 is 23.4 Å². The van der Waals surface area contributed by atoms with Gasteiger partial charge < -0.3 is 0 Å². The third kappa shape index (κ3) is 3.19. The quantitative estimate of drug-likeness (QED) is 0.628. The Morgan fingerprint density at radius 1 is 1.35 bits per heavy atom. The van der Waals surface area contributed by atoms with Crippen LogP contribution in [0, 0.1) is 11.3 Å². The number of thioether (sulfide) groups is 1. The van der Waals surface area contributed by atoms with E-state index in [1.807, 2.05) is 12.1 Å². The van der Waals surface area contributed by atoms with Crippen LogP contribution < -0.4 is 0 Å². The molecule has 84 valence electrons. The third-order valence-corrected chi connectivity index (χ3v) is 3.46. The highest BCUT2D eigenvalue weighted by molar-refractivity contribution is 7.98. The first kappa shape index (κ1) is 11.9. The highest BCUT2D eigenvalue weighted by Gasteiger charge is 2.03. The van der Waals surface area contributed by atoms with Gasteiger partial charge in [-0.05, 0) is 23.8 Å². The second-order valence-corrected chi connectivity index (χ2v) is 4.66. The molecular formula is C12H8ClN3S. The lowest BCUT2D eigenvalue weighted by Crippen LogP contribution is -1.86. The summed E-state index contributed by atoms with van der Waals surface area (Å²) in [5, 5.41) is 10.2. The molecule has 0 bridgehead atoms. The van der Waals surface area contributed by atoms with Crippen molar-refractivity contribution in [3.05, 3.63) is 52.9 Å². The monoisotopic (exact) mass is 261 g/mol. The van der Waals surface area contributed by atoms with Crippen LogP contribution >= 0.6 is 23.4 Å². The highest BCUT2D eigenvalue weighted by Crippen LogP contribution is 2.25. The molecule has 0 fully saturated rings.